The van der Waals surface area contributed by atoms with E-state index < -0.39 is 22.5 Å². The number of hydrazone groups is 1. The number of pyridine rings is 1. The highest BCUT2D eigenvalue weighted by atomic mass is 32.2. The third-order valence-electron chi connectivity index (χ3n) is 5.02. The number of aryl methyl sites for hydroxylation is 1. The predicted molar refractivity (Wildman–Crippen MR) is 122 cm³/mol. The van der Waals surface area contributed by atoms with Gasteiger partial charge in [-0.15, -0.1) is 0 Å². The van der Waals surface area contributed by atoms with Crippen LogP contribution in [-0.4, -0.2) is 32.1 Å². The molecule has 8 heteroatoms. The first-order chi connectivity index (χ1) is 14.8. The van der Waals surface area contributed by atoms with Gasteiger partial charge in [-0.1, -0.05) is 36.4 Å². The van der Waals surface area contributed by atoms with E-state index in [0.717, 1.165) is 21.0 Å². The summed E-state index contributed by atoms with van der Waals surface area (Å²) in [6, 6.07) is 16.7. The number of sulfonamides is 1. The number of anilines is 1. The van der Waals surface area contributed by atoms with Gasteiger partial charge < -0.3 is 0 Å². The van der Waals surface area contributed by atoms with E-state index in [4.69, 9.17) is 0 Å². The zero-order valence-corrected chi connectivity index (χ0v) is 18.4. The minimum Gasteiger partial charge on any atom is -0.271 e. The zero-order chi connectivity index (χ0) is 22.4. The Kier molecular flexibility index (Phi) is 6.81. The lowest BCUT2D eigenvalue weighted by atomic mass is 10.00. The van der Waals surface area contributed by atoms with Crippen molar-refractivity contribution >= 4 is 28.0 Å². The van der Waals surface area contributed by atoms with Gasteiger partial charge in [0.1, 0.15) is 12.4 Å². The van der Waals surface area contributed by atoms with Crippen LogP contribution >= 0.6 is 0 Å². The first-order valence-corrected chi connectivity index (χ1v) is 11.1. The first kappa shape index (κ1) is 22.2. The Hall–Kier alpha value is -3.52. The van der Waals surface area contributed by atoms with E-state index in [1.165, 1.54) is 30.0 Å². The molecule has 0 spiro atoms. The molecule has 2 aromatic carbocycles. The number of hydrogen-bond donors (Lipinski definition) is 1. The topological polar surface area (TPSA) is 91.7 Å². The van der Waals surface area contributed by atoms with E-state index in [2.05, 4.69) is 15.5 Å². The summed E-state index contributed by atoms with van der Waals surface area (Å²) in [5.74, 6) is -0.432. The van der Waals surface area contributed by atoms with E-state index in [-0.39, 0.29) is 10.7 Å². The molecule has 1 heterocycles. The molecule has 0 aliphatic heterocycles. The lowest BCUT2D eigenvalue weighted by Crippen LogP contribution is -2.40. The van der Waals surface area contributed by atoms with Crippen LogP contribution in [0.4, 0.5) is 5.82 Å². The quantitative estimate of drug-likeness (QED) is 0.454. The molecule has 1 N–H and O–H groups in total. The Balaban J connectivity index is 1.81. The second kappa shape index (κ2) is 9.53. The Morgan fingerprint density at radius 2 is 1.71 bits per heavy atom. The molecule has 1 amide bonds. The SMILES string of the molecule is Cc1ccc(/C=N\NC(=O)CN(c2ccccn2)S(=O)(=O)c2ccccc2)c(C)c1C. The van der Waals surface area contributed by atoms with E-state index in [9.17, 15) is 13.2 Å². The van der Waals surface area contributed by atoms with E-state index in [1.54, 1.807) is 36.5 Å². The zero-order valence-electron chi connectivity index (χ0n) is 17.6. The van der Waals surface area contributed by atoms with Crippen LogP contribution in [0.2, 0.25) is 0 Å². The van der Waals surface area contributed by atoms with Crippen LogP contribution in [-0.2, 0) is 14.8 Å². The molecule has 0 bridgehead atoms. The molecule has 3 aromatic rings. The standard InChI is InChI=1S/C23H24N4O3S/c1-17-12-13-20(19(3)18(17)2)15-25-26-23(28)16-27(22-11-7-8-14-24-22)31(29,30)21-9-5-4-6-10-21/h4-15H,16H2,1-3H3,(H,26,28)/b25-15-. The van der Waals surface area contributed by atoms with Gasteiger partial charge in [-0.05, 0) is 67.3 Å². The van der Waals surface area contributed by atoms with Crippen molar-refractivity contribution in [1.29, 1.82) is 0 Å². The van der Waals surface area contributed by atoms with Crippen LogP contribution in [0.3, 0.4) is 0 Å². The molecule has 7 nitrogen and oxygen atoms in total. The predicted octanol–water partition coefficient (Wildman–Crippen LogP) is 3.35. The highest BCUT2D eigenvalue weighted by Crippen LogP contribution is 2.21. The first-order valence-electron chi connectivity index (χ1n) is 9.68. The van der Waals surface area contributed by atoms with Gasteiger partial charge in [0, 0.05) is 6.20 Å². The fourth-order valence-corrected chi connectivity index (χ4v) is 4.36. The molecule has 0 unspecified atom stereocenters. The minimum atomic E-state index is -3.99. The number of rotatable bonds is 7. The number of nitrogens with zero attached hydrogens (tertiary/aromatic N) is 3. The molecular weight excluding hydrogens is 412 g/mol. The summed E-state index contributed by atoms with van der Waals surface area (Å²) in [5.41, 5.74) is 6.69. The summed E-state index contributed by atoms with van der Waals surface area (Å²) < 4.78 is 27.3. The molecule has 31 heavy (non-hydrogen) atoms. The Labute approximate surface area is 182 Å². The highest BCUT2D eigenvalue weighted by molar-refractivity contribution is 7.92. The molecule has 0 aliphatic carbocycles. The van der Waals surface area contributed by atoms with Crippen molar-refractivity contribution in [2.45, 2.75) is 25.7 Å². The summed E-state index contributed by atoms with van der Waals surface area (Å²) in [7, 11) is -3.99. The monoisotopic (exact) mass is 436 g/mol. The molecule has 0 saturated carbocycles. The van der Waals surface area contributed by atoms with Gasteiger partial charge in [-0.25, -0.2) is 23.1 Å². The minimum absolute atomic E-state index is 0.0720. The highest BCUT2D eigenvalue weighted by Gasteiger charge is 2.27. The van der Waals surface area contributed by atoms with Crippen LogP contribution in [0.5, 0.6) is 0 Å². The van der Waals surface area contributed by atoms with E-state index >= 15 is 0 Å². The number of hydrogen-bond acceptors (Lipinski definition) is 5. The number of nitrogens with one attached hydrogen (secondary N) is 1. The maximum absolute atomic E-state index is 13.1. The molecule has 0 fully saturated rings. The second-order valence-electron chi connectivity index (χ2n) is 7.03. The van der Waals surface area contributed by atoms with Crippen molar-refractivity contribution in [2.75, 3.05) is 10.8 Å². The van der Waals surface area contributed by atoms with Crippen LogP contribution < -0.4 is 9.73 Å². The number of carbonyl (C=O) groups excluding carboxylic acids is 1. The van der Waals surface area contributed by atoms with Crippen LogP contribution in [0.1, 0.15) is 22.3 Å². The molecule has 0 saturated heterocycles. The smallest absolute Gasteiger partial charge is 0.265 e. The van der Waals surface area contributed by atoms with Gasteiger partial charge in [0.15, 0.2) is 0 Å². The van der Waals surface area contributed by atoms with Crippen LogP contribution in [0.25, 0.3) is 0 Å². The number of benzene rings is 2. The molecule has 1 aromatic heterocycles. The van der Waals surface area contributed by atoms with Crippen LogP contribution in [0.15, 0.2) is 76.9 Å². The average Bonchev–Trinajstić information content (AvgIpc) is 2.78. The third kappa shape index (κ3) is 5.16. The number of aromatic nitrogens is 1. The fraction of sp³-hybridized carbons (Fsp3) is 0.174. The van der Waals surface area contributed by atoms with Crippen molar-refractivity contribution in [3.05, 3.63) is 89.1 Å². The molecule has 160 valence electrons. The largest absolute Gasteiger partial charge is 0.271 e. The Bertz CT molecular complexity index is 1190. The Morgan fingerprint density at radius 1 is 1.00 bits per heavy atom. The summed E-state index contributed by atoms with van der Waals surface area (Å²) in [5, 5.41) is 4.01. The van der Waals surface area contributed by atoms with Gasteiger partial charge in [0.2, 0.25) is 0 Å². The van der Waals surface area contributed by atoms with Crippen molar-refractivity contribution in [1.82, 2.24) is 10.4 Å². The summed E-state index contributed by atoms with van der Waals surface area (Å²) in [6.45, 7) is 5.59. The molecule has 3 rings (SSSR count). The fourth-order valence-electron chi connectivity index (χ4n) is 2.97. The van der Waals surface area contributed by atoms with E-state index in [1.807, 2.05) is 32.9 Å². The van der Waals surface area contributed by atoms with E-state index in [0.29, 0.717) is 0 Å². The maximum Gasteiger partial charge on any atom is 0.265 e. The normalized spacial score (nSPS) is 11.5. The van der Waals surface area contributed by atoms with Crippen molar-refractivity contribution in [2.24, 2.45) is 5.10 Å². The van der Waals surface area contributed by atoms with Gasteiger partial charge in [0.25, 0.3) is 15.9 Å². The van der Waals surface area contributed by atoms with Gasteiger partial charge in [-0.2, -0.15) is 5.10 Å². The maximum atomic E-state index is 13.1. The van der Waals surface area contributed by atoms with Gasteiger partial charge in [0.05, 0.1) is 11.1 Å². The molecule has 0 aliphatic rings. The molecular formula is C23H24N4O3S. The second-order valence-corrected chi connectivity index (χ2v) is 8.89. The van der Waals surface area contributed by atoms with Crippen LogP contribution in [0, 0.1) is 20.8 Å². The van der Waals surface area contributed by atoms with Gasteiger partial charge >= 0.3 is 0 Å². The molecule has 0 atom stereocenters. The summed E-state index contributed by atoms with van der Waals surface area (Å²) in [4.78, 5) is 16.7. The van der Waals surface area contributed by atoms with Crippen molar-refractivity contribution < 1.29 is 13.2 Å². The van der Waals surface area contributed by atoms with Gasteiger partial charge in [-0.3, -0.25) is 4.79 Å². The lowest BCUT2D eigenvalue weighted by Gasteiger charge is -2.22. The summed E-state index contributed by atoms with van der Waals surface area (Å²) in [6.07, 6.45) is 3.03. The van der Waals surface area contributed by atoms with Crippen molar-refractivity contribution in [3.63, 3.8) is 0 Å². The summed E-state index contributed by atoms with van der Waals surface area (Å²) >= 11 is 0. The number of carbonyl (C=O) groups is 1. The lowest BCUT2D eigenvalue weighted by molar-refractivity contribution is -0.119. The third-order valence-corrected chi connectivity index (χ3v) is 6.78. The van der Waals surface area contributed by atoms with Crippen molar-refractivity contribution in [3.8, 4) is 0 Å². The Morgan fingerprint density at radius 3 is 2.39 bits per heavy atom. The average molecular weight is 437 g/mol. The molecule has 0 radical (unpaired) electrons. The number of amides is 1.